The van der Waals surface area contributed by atoms with Crippen LogP contribution in [0.15, 0.2) is 73.1 Å². The highest BCUT2D eigenvalue weighted by molar-refractivity contribution is 7.13. The first-order chi connectivity index (χ1) is 28.9. The van der Waals surface area contributed by atoms with E-state index in [0.717, 1.165) is 90.5 Å². The van der Waals surface area contributed by atoms with Gasteiger partial charge in [0.25, 0.3) is 0 Å². The number of carbonyl (C=O) groups is 1. The number of pyridine rings is 1. The predicted molar refractivity (Wildman–Crippen MR) is 224 cm³/mol. The van der Waals surface area contributed by atoms with E-state index in [1.165, 1.54) is 23.4 Å². The molecule has 1 atom stereocenters. The molecule has 8 rings (SSSR count). The van der Waals surface area contributed by atoms with E-state index < -0.39 is 24.8 Å². The maximum Gasteiger partial charge on any atom is 0.408 e. The van der Waals surface area contributed by atoms with Crippen molar-refractivity contribution in [3.63, 3.8) is 0 Å². The molecule has 4 heterocycles. The van der Waals surface area contributed by atoms with Gasteiger partial charge in [0.2, 0.25) is 12.0 Å². The largest absolute Gasteiger partial charge is 0.491 e. The van der Waals surface area contributed by atoms with Crippen molar-refractivity contribution >= 4 is 39.2 Å². The summed E-state index contributed by atoms with van der Waals surface area (Å²) in [6.45, 7) is 5.74. The molecule has 1 fully saturated rings. The van der Waals surface area contributed by atoms with Crippen LogP contribution in [0.3, 0.4) is 0 Å². The normalized spacial score (nSPS) is 15.3. The maximum atomic E-state index is 13.1. The Morgan fingerprint density at radius 1 is 0.983 bits per heavy atom. The number of piperazine rings is 1. The molecule has 60 heavy (non-hydrogen) atoms. The van der Waals surface area contributed by atoms with Crippen LogP contribution < -0.4 is 14.2 Å². The number of benzene rings is 3. The summed E-state index contributed by atoms with van der Waals surface area (Å²) in [4.78, 5) is 22.7. The number of aromatic nitrogens is 4. The summed E-state index contributed by atoms with van der Waals surface area (Å²) in [5.41, 5.74) is 7.18. The average Bonchev–Trinajstić information content (AvgIpc) is 3.99. The molecule has 0 bridgehead atoms. The summed E-state index contributed by atoms with van der Waals surface area (Å²) >= 11 is 8.27. The highest BCUT2D eigenvalue weighted by Crippen LogP contribution is 2.47. The molecule has 0 saturated carbocycles. The van der Waals surface area contributed by atoms with Crippen LogP contribution in [0.5, 0.6) is 17.4 Å². The molecule has 6 aromatic rings. The molecule has 1 aliphatic heterocycles. The molecular formula is C44H44ClF3N6O5S. The first kappa shape index (κ1) is 41.5. The van der Waals surface area contributed by atoms with Crippen LogP contribution in [0, 0.1) is 6.92 Å². The number of rotatable bonds is 15. The van der Waals surface area contributed by atoms with Crippen molar-refractivity contribution in [3.05, 3.63) is 106 Å². The number of nitrogens with zero attached hydrogens (tertiary/aromatic N) is 6. The molecule has 1 aliphatic carbocycles. The van der Waals surface area contributed by atoms with Gasteiger partial charge < -0.3 is 24.2 Å². The van der Waals surface area contributed by atoms with Crippen LogP contribution in [-0.4, -0.2) is 98.7 Å². The fraction of sp³-hybridized carbons (Fsp3) is 0.364. The van der Waals surface area contributed by atoms with E-state index >= 15 is 0 Å². The van der Waals surface area contributed by atoms with Gasteiger partial charge in [-0.2, -0.15) is 22.6 Å². The lowest BCUT2D eigenvalue weighted by atomic mass is 9.90. The van der Waals surface area contributed by atoms with Gasteiger partial charge >= 0.3 is 12.1 Å². The van der Waals surface area contributed by atoms with Crippen LogP contribution in [0.4, 0.5) is 13.2 Å². The Kier molecular flexibility index (Phi) is 12.3. The molecule has 3 aromatic heterocycles. The van der Waals surface area contributed by atoms with E-state index in [0.29, 0.717) is 44.5 Å². The third kappa shape index (κ3) is 9.09. The zero-order valence-corrected chi connectivity index (χ0v) is 34.7. The third-order valence-corrected chi connectivity index (χ3v) is 12.4. The number of alkyl halides is 3. The number of carboxylic acids is 1. The average molecular weight is 861 g/mol. The zero-order chi connectivity index (χ0) is 42.0. The highest BCUT2D eigenvalue weighted by atomic mass is 35.5. The fourth-order valence-corrected chi connectivity index (χ4v) is 8.89. The zero-order valence-electron chi connectivity index (χ0n) is 33.2. The van der Waals surface area contributed by atoms with Crippen molar-refractivity contribution in [2.75, 3.05) is 46.4 Å². The van der Waals surface area contributed by atoms with Crippen molar-refractivity contribution in [2.45, 2.75) is 58.0 Å². The van der Waals surface area contributed by atoms with Gasteiger partial charge in [-0.1, -0.05) is 54.1 Å². The molecule has 0 spiro atoms. The lowest BCUT2D eigenvalue weighted by molar-refractivity contribution is -0.145. The summed E-state index contributed by atoms with van der Waals surface area (Å²) < 4.78 is 64.2. The van der Waals surface area contributed by atoms with Crippen LogP contribution >= 0.6 is 23.1 Å². The molecule has 0 radical (unpaired) electrons. The molecule has 11 nitrogen and oxygen atoms in total. The van der Waals surface area contributed by atoms with Gasteiger partial charge in [0.15, 0.2) is 0 Å². The maximum absolute atomic E-state index is 13.1. The van der Waals surface area contributed by atoms with Crippen molar-refractivity contribution in [1.29, 1.82) is 0 Å². The molecular weight excluding hydrogens is 817 g/mol. The van der Waals surface area contributed by atoms with Gasteiger partial charge in [-0.05, 0) is 90.8 Å². The summed E-state index contributed by atoms with van der Waals surface area (Å²) in [6.07, 6.45) is -0.0639. The summed E-state index contributed by atoms with van der Waals surface area (Å²) in [6, 6.07) is 18.3. The van der Waals surface area contributed by atoms with Gasteiger partial charge in [0.05, 0.1) is 26.5 Å². The van der Waals surface area contributed by atoms with E-state index in [1.807, 2.05) is 25.1 Å². The van der Waals surface area contributed by atoms with Crippen LogP contribution in [0.2, 0.25) is 5.02 Å². The second-order valence-electron chi connectivity index (χ2n) is 15.2. The first-order valence-corrected chi connectivity index (χ1v) is 21.0. The quantitative estimate of drug-likeness (QED) is 0.108. The molecule has 1 saturated heterocycles. The molecule has 2 aliphatic rings. The topological polar surface area (TPSA) is 115 Å². The lowest BCUT2D eigenvalue weighted by Gasteiger charge is -2.32. The third-order valence-electron chi connectivity index (χ3n) is 11.2. The van der Waals surface area contributed by atoms with Crippen LogP contribution in [0.1, 0.15) is 34.4 Å². The molecule has 0 unspecified atom stereocenters. The van der Waals surface area contributed by atoms with Gasteiger partial charge in [-0.3, -0.25) is 14.6 Å². The Labute approximate surface area is 354 Å². The van der Waals surface area contributed by atoms with Crippen molar-refractivity contribution in [2.24, 2.45) is 0 Å². The van der Waals surface area contributed by atoms with Gasteiger partial charge in [0, 0.05) is 62.7 Å². The number of aryl methyl sites for hydroxylation is 1. The summed E-state index contributed by atoms with van der Waals surface area (Å²) in [5, 5.41) is 15.4. The van der Waals surface area contributed by atoms with Gasteiger partial charge in [-0.15, -0.1) is 0 Å². The van der Waals surface area contributed by atoms with Crippen molar-refractivity contribution in [3.8, 4) is 39.8 Å². The lowest BCUT2D eigenvalue weighted by Crippen LogP contribution is -2.45. The van der Waals surface area contributed by atoms with Crippen molar-refractivity contribution < 1.29 is 37.3 Å². The van der Waals surface area contributed by atoms with E-state index in [4.69, 9.17) is 30.8 Å². The summed E-state index contributed by atoms with van der Waals surface area (Å²) in [5.74, 6) is -0.225. The Morgan fingerprint density at radius 3 is 2.60 bits per heavy atom. The number of aliphatic carboxylic acids is 1. The minimum Gasteiger partial charge on any atom is -0.491 e. The Balaban J connectivity index is 1.12. The Hall–Kier alpha value is -5.22. The van der Waals surface area contributed by atoms with Gasteiger partial charge in [0.1, 0.15) is 31.3 Å². The Morgan fingerprint density at radius 2 is 1.80 bits per heavy atom. The monoisotopic (exact) mass is 860 g/mol. The number of hydrogen-bond acceptors (Lipinski definition) is 10. The molecule has 16 heteroatoms. The minimum atomic E-state index is -4.46. The number of hydrogen-bond donors (Lipinski definition) is 1. The second-order valence-corrected chi connectivity index (χ2v) is 16.4. The van der Waals surface area contributed by atoms with Crippen LogP contribution in [0.25, 0.3) is 32.5 Å². The molecule has 314 valence electrons. The smallest absolute Gasteiger partial charge is 0.408 e. The summed E-state index contributed by atoms with van der Waals surface area (Å²) in [7, 11) is 2.13. The minimum absolute atomic E-state index is 0.128. The van der Waals surface area contributed by atoms with Crippen molar-refractivity contribution in [1.82, 2.24) is 28.9 Å². The van der Waals surface area contributed by atoms with E-state index in [-0.39, 0.29) is 24.6 Å². The number of para-hydroxylation sites is 1. The number of carboxylic acid groups (broad SMARTS) is 1. The van der Waals surface area contributed by atoms with Crippen LogP contribution in [-0.2, 0) is 37.2 Å². The molecule has 3 aromatic carbocycles. The SMILES string of the molecule is Cc1c(-c2c(-c3cccc4c3CCC4)ncc3snc(O[C@H](Cc4ccccc4OCc4ccnn4CC(F)(F)F)C(=O)O)c23)ccc(OCCN2CCN(C)CC2)c1Cl. The Bertz CT molecular complexity index is 2500. The molecule has 0 amide bonds. The van der Waals surface area contributed by atoms with E-state index in [1.54, 1.807) is 30.5 Å². The first-order valence-electron chi connectivity index (χ1n) is 19.8. The highest BCUT2D eigenvalue weighted by Gasteiger charge is 2.31. The molecule has 1 N–H and O–H groups in total. The van der Waals surface area contributed by atoms with E-state index in [2.05, 4.69) is 38.5 Å². The van der Waals surface area contributed by atoms with E-state index in [9.17, 15) is 23.1 Å². The number of halogens is 4. The fourth-order valence-electron chi connectivity index (χ4n) is 7.97. The second kappa shape index (κ2) is 17.8. The van der Waals surface area contributed by atoms with Gasteiger partial charge in [-0.25, -0.2) is 4.79 Å². The number of fused-ring (bicyclic) bond motifs is 2. The standard InChI is InChI=1S/C44H44ClF3N6O5S/c1-27-31(13-14-35(40(27)45)57-22-21-53-19-17-52(2)18-20-53)38-39-37(24-49-41(38)33-11-6-9-28-8-5-10-32(28)33)60-51-42(39)59-36(43(55)56)23-29-7-3-4-12-34(29)58-25-30-15-16-50-54(30)26-44(46,47)48/h3-4,6-7,9,11-16,24,36H,5,8,10,17-23,25-26H2,1-2H3,(H,55,56)/t36-/m1/s1. The predicted octanol–water partition coefficient (Wildman–Crippen LogP) is 8.51. The number of likely N-dealkylation sites (N-methyl/N-ethyl adjacent to an activating group) is 1. The number of ether oxygens (including phenoxy) is 3.